The maximum atomic E-state index is 14.1. The molecule has 2 aromatic rings. The van der Waals surface area contributed by atoms with Gasteiger partial charge in [-0.3, -0.25) is 9.69 Å². The molecule has 2 aromatic carbocycles. The van der Waals surface area contributed by atoms with Gasteiger partial charge in [-0.1, -0.05) is 31.5 Å². The summed E-state index contributed by atoms with van der Waals surface area (Å²) < 4.78 is 55.2. The number of benzene rings is 2. The number of carbonyl (C=O) groups is 1. The number of alkyl halides is 3. The van der Waals surface area contributed by atoms with Crippen molar-refractivity contribution in [3.63, 3.8) is 0 Å². The van der Waals surface area contributed by atoms with E-state index < -0.39 is 17.4 Å². The number of unbranched alkanes of at least 4 members (excludes halogenated alkanes) is 1. The number of halogens is 3. The first kappa shape index (κ1) is 30.4. The van der Waals surface area contributed by atoms with E-state index in [1.54, 1.807) is 12.1 Å². The van der Waals surface area contributed by atoms with Gasteiger partial charge in [0.05, 0.1) is 23.7 Å². The van der Waals surface area contributed by atoms with E-state index in [0.29, 0.717) is 38.8 Å². The first-order valence-corrected chi connectivity index (χ1v) is 17.2. The van der Waals surface area contributed by atoms with Crippen molar-refractivity contribution in [2.24, 2.45) is 11.8 Å². The zero-order chi connectivity index (χ0) is 31.8. The van der Waals surface area contributed by atoms with Gasteiger partial charge in [0.15, 0.2) is 11.5 Å². The van der Waals surface area contributed by atoms with Crippen LogP contribution in [0.15, 0.2) is 36.4 Å². The second-order valence-electron chi connectivity index (χ2n) is 14.5. The van der Waals surface area contributed by atoms with Crippen LogP contribution >= 0.6 is 0 Å². The Kier molecular flexibility index (Phi) is 7.29. The molecule has 1 unspecified atom stereocenters. The van der Waals surface area contributed by atoms with E-state index in [0.717, 1.165) is 67.3 Å². The van der Waals surface area contributed by atoms with Crippen LogP contribution < -0.4 is 14.2 Å². The molecule has 46 heavy (non-hydrogen) atoms. The number of nitrogens with zero attached hydrogens (tertiary/aromatic N) is 2. The molecule has 4 fully saturated rings. The highest BCUT2D eigenvalue weighted by Gasteiger charge is 2.74. The number of piperidine rings is 1. The summed E-state index contributed by atoms with van der Waals surface area (Å²) >= 11 is 0. The fourth-order valence-corrected chi connectivity index (χ4v) is 9.60. The minimum Gasteiger partial charge on any atom is -0.490 e. The minimum absolute atomic E-state index is 0.0190. The van der Waals surface area contributed by atoms with Gasteiger partial charge >= 0.3 is 6.36 Å². The van der Waals surface area contributed by atoms with Crippen molar-refractivity contribution < 1.29 is 37.3 Å². The molecule has 7 nitrogen and oxygen atoms in total. The summed E-state index contributed by atoms with van der Waals surface area (Å²) in [7, 11) is 0. The predicted molar refractivity (Wildman–Crippen MR) is 164 cm³/mol. The lowest BCUT2D eigenvalue weighted by molar-refractivity contribution is -0.274. The van der Waals surface area contributed by atoms with Gasteiger partial charge in [0.2, 0.25) is 5.91 Å². The lowest BCUT2D eigenvalue weighted by Gasteiger charge is -2.64. The summed E-state index contributed by atoms with van der Waals surface area (Å²) in [6, 6.07) is 9.88. The molecule has 2 saturated heterocycles. The Morgan fingerprint density at radius 2 is 1.85 bits per heavy atom. The van der Waals surface area contributed by atoms with E-state index in [9.17, 15) is 23.1 Å². The Balaban J connectivity index is 1.08. The van der Waals surface area contributed by atoms with Crippen molar-refractivity contribution in [1.29, 1.82) is 0 Å². The molecule has 1 amide bonds. The highest BCUT2D eigenvalue weighted by molar-refractivity contribution is 5.82. The summed E-state index contributed by atoms with van der Waals surface area (Å²) in [6.07, 6.45) is 3.35. The largest absolute Gasteiger partial charge is 0.573 e. The van der Waals surface area contributed by atoms with Crippen LogP contribution in [0.3, 0.4) is 0 Å². The first-order chi connectivity index (χ1) is 22.1. The van der Waals surface area contributed by atoms with Gasteiger partial charge in [-0.25, -0.2) is 0 Å². The lowest BCUT2D eigenvalue weighted by Crippen LogP contribution is -2.78. The van der Waals surface area contributed by atoms with Crippen molar-refractivity contribution in [3.8, 4) is 17.2 Å². The summed E-state index contributed by atoms with van der Waals surface area (Å²) in [4.78, 5) is 18.6. The molecular formula is C36H43F3N2O5. The second-order valence-corrected chi connectivity index (χ2v) is 14.5. The average molecular weight is 641 g/mol. The second kappa shape index (κ2) is 11.0. The number of hydrogen-bond donors (Lipinski definition) is 1. The maximum absolute atomic E-state index is 14.1. The van der Waals surface area contributed by atoms with Crippen molar-refractivity contribution >= 4 is 5.91 Å². The Morgan fingerprint density at radius 3 is 2.59 bits per heavy atom. The van der Waals surface area contributed by atoms with Crippen molar-refractivity contribution in [2.75, 3.05) is 26.2 Å². The molecule has 1 N–H and O–H groups in total. The summed E-state index contributed by atoms with van der Waals surface area (Å²) in [5.41, 5.74) is 1.59. The van der Waals surface area contributed by atoms with Crippen molar-refractivity contribution in [2.45, 2.75) is 107 Å². The van der Waals surface area contributed by atoms with Gasteiger partial charge in [-0.15, -0.1) is 13.2 Å². The third-order valence-corrected chi connectivity index (χ3v) is 11.9. The monoisotopic (exact) mass is 640 g/mol. The van der Waals surface area contributed by atoms with E-state index in [2.05, 4.69) is 22.6 Å². The molecule has 2 saturated carbocycles. The number of aliphatic hydroxyl groups is 1. The molecule has 10 heteroatoms. The van der Waals surface area contributed by atoms with Crippen molar-refractivity contribution in [3.05, 3.63) is 53.1 Å². The van der Waals surface area contributed by atoms with E-state index >= 15 is 0 Å². The molecule has 0 aromatic heterocycles. The van der Waals surface area contributed by atoms with Crippen LogP contribution in [0.1, 0.15) is 75.0 Å². The van der Waals surface area contributed by atoms with Crippen LogP contribution in [0.4, 0.5) is 13.2 Å². The molecule has 2 bridgehead atoms. The summed E-state index contributed by atoms with van der Waals surface area (Å²) in [5, 5.41) is 12.9. The normalized spacial score (nSPS) is 33.2. The number of amides is 1. The summed E-state index contributed by atoms with van der Waals surface area (Å²) in [6.45, 7) is 5.27. The zero-order valence-corrected chi connectivity index (χ0v) is 26.4. The standard InChI is InChI=1S/C36H43F3N2O5/c1-2-3-18-44-28-11-8-24-20-29-35(43)14-12-27(32-34(35,30(24)31(28)45-32)15-17-40(29)21-23-4-5-23)41-16-13-25(33(41)42)19-22-6-9-26(10-7-22)46-36(37,38)39/h6-11,23,25,27,29,32,43H,2-5,12-21H2,1H3/t25?,27-,29+,32-,34-,35+/m0/s1. The Hall–Kier alpha value is -2.98. The molecule has 3 heterocycles. The number of hydrogen-bond acceptors (Lipinski definition) is 6. The van der Waals surface area contributed by atoms with Gasteiger partial charge < -0.3 is 24.2 Å². The third-order valence-electron chi connectivity index (χ3n) is 11.9. The fourth-order valence-electron chi connectivity index (χ4n) is 9.60. The van der Waals surface area contributed by atoms with Gasteiger partial charge in [-0.05, 0) is 99.6 Å². The van der Waals surface area contributed by atoms with Gasteiger partial charge in [-0.2, -0.15) is 0 Å². The highest BCUT2D eigenvalue weighted by Crippen LogP contribution is 2.66. The van der Waals surface area contributed by atoms with Crippen molar-refractivity contribution in [1.82, 2.24) is 9.80 Å². The van der Waals surface area contributed by atoms with Gasteiger partial charge in [0, 0.05) is 30.6 Å². The predicted octanol–water partition coefficient (Wildman–Crippen LogP) is 5.79. The number of ether oxygens (including phenoxy) is 3. The van der Waals surface area contributed by atoms with E-state index in [1.165, 1.54) is 30.5 Å². The van der Waals surface area contributed by atoms with E-state index in [1.807, 2.05) is 11.0 Å². The van der Waals surface area contributed by atoms with Crippen LogP contribution in [-0.2, 0) is 23.1 Å². The third kappa shape index (κ3) is 4.80. The topological polar surface area (TPSA) is 71.5 Å². The first-order valence-electron chi connectivity index (χ1n) is 17.2. The number of rotatable bonds is 10. The Morgan fingerprint density at radius 1 is 1.04 bits per heavy atom. The molecular weight excluding hydrogens is 597 g/mol. The van der Waals surface area contributed by atoms with Crippen LogP contribution in [0, 0.1) is 11.8 Å². The van der Waals surface area contributed by atoms with Gasteiger partial charge in [0.25, 0.3) is 0 Å². The highest BCUT2D eigenvalue weighted by atomic mass is 19.4. The van der Waals surface area contributed by atoms with E-state index in [-0.39, 0.29) is 35.8 Å². The Labute approximate surface area is 268 Å². The quantitative estimate of drug-likeness (QED) is 0.332. The van der Waals surface area contributed by atoms with E-state index in [4.69, 9.17) is 9.47 Å². The van der Waals surface area contributed by atoms with Gasteiger partial charge in [0.1, 0.15) is 11.9 Å². The zero-order valence-electron chi connectivity index (χ0n) is 26.4. The Bertz CT molecular complexity index is 1500. The van der Waals surface area contributed by atoms with Crippen LogP contribution in [0.2, 0.25) is 0 Å². The smallest absolute Gasteiger partial charge is 0.490 e. The number of carbonyl (C=O) groups excluding carboxylic acids is 1. The minimum atomic E-state index is -4.74. The molecule has 248 valence electrons. The molecule has 3 aliphatic heterocycles. The molecule has 0 radical (unpaired) electrons. The lowest BCUT2D eigenvalue weighted by atomic mass is 9.48. The fraction of sp³-hybridized carbons (Fsp3) is 0.639. The molecule has 1 spiro atoms. The molecule has 3 aliphatic carbocycles. The SMILES string of the molecule is CCCCOc1ccc2c3c1O[C@H]1[C@@H](N4CCC(Cc5ccc(OC(F)(F)F)cc5)C4=O)CC[C@@]4(O)[C@@H](C2)N(CC2CC2)CC[C@]314. The average Bonchev–Trinajstić information content (AvgIpc) is 3.66. The molecule has 6 aliphatic rings. The molecule has 6 atom stereocenters. The molecule has 8 rings (SSSR count). The number of likely N-dealkylation sites (tertiary alicyclic amines) is 2. The van der Waals surface area contributed by atoms with Crippen LogP contribution in [-0.4, -0.2) is 77.2 Å². The van der Waals surface area contributed by atoms with Crippen LogP contribution in [0.25, 0.3) is 0 Å². The maximum Gasteiger partial charge on any atom is 0.573 e. The van der Waals surface area contributed by atoms with Crippen LogP contribution in [0.5, 0.6) is 17.2 Å². The summed E-state index contributed by atoms with van der Waals surface area (Å²) in [5.74, 6) is 1.75.